The quantitative estimate of drug-likeness (QED) is 0.121. The lowest BCUT2D eigenvalue weighted by molar-refractivity contribution is -0.148. The molecule has 0 aliphatic heterocycles. The zero-order valence-electron chi connectivity index (χ0n) is 18.1. The molecule has 11 N–H and O–H groups in total. The summed E-state index contributed by atoms with van der Waals surface area (Å²) in [6, 6.07) is -6.33. The van der Waals surface area contributed by atoms with Crippen LogP contribution >= 0.6 is 0 Å². The molecule has 5 unspecified atom stereocenters. The highest BCUT2D eigenvalue weighted by Crippen LogP contribution is 2.03. The zero-order valence-corrected chi connectivity index (χ0v) is 18.1. The van der Waals surface area contributed by atoms with E-state index in [1.54, 1.807) is 0 Å². The number of aliphatic carboxylic acids is 2. The van der Waals surface area contributed by atoms with Gasteiger partial charge in [0.05, 0.1) is 31.3 Å². The fraction of sp³-hybridized carbons (Fsp3) is 0.500. The summed E-state index contributed by atoms with van der Waals surface area (Å²) in [6.07, 6.45) is -0.391. The first kappa shape index (κ1) is 28.0. The molecule has 16 nitrogen and oxygen atoms in total. The van der Waals surface area contributed by atoms with Crippen LogP contribution in [0.2, 0.25) is 0 Å². The number of nitrogens with zero attached hydrogens (tertiary/aromatic N) is 1. The van der Waals surface area contributed by atoms with Crippen LogP contribution in [0.25, 0.3) is 0 Å². The molecule has 0 saturated heterocycles. The van der Waals surface area contributed by atoms with E-state index in [1.165, 1.54) is 12.5 Å². The number of aromatic nitrogens is 2. The molecule has 5 atom stereocenters. The Morgan fingerprint density at radius 2 is 1.62 bits per heavy atom. The van der Waals surface area contributed by atoms with E-state index in [9.17, 15) is 33.9 Å². The van der Waals surface area contributed by atoms with E-state index in [2.05, 4.69) is 20.6 Å². The number of aliphatic hydroxyl groups excluding tert-OH is 1. The van der Waals surface area contributed by atoms with Crippen LogP contribution in [0.3, 0.4) is 0 Å². The summed E-state index contributed by atoms with van der Waals surface area (Å²) in [5.74, 6) is -7.30. The third kappa shape index (κ3) is 9.21. The Morgan fingerprint density at radius 1 is 1.00 bits per heavy atom. The number of imidazole rings is 1. The van der Waals surface area contributed by atoms with Crippen LogP contribution < -0.4 is 27.4 Å². The number of carboxylic acid groups (broad SMARTS) is 2. The number of H-pyrrole nitrogens is 1. The van der Waals surface area contributed by atoms with Crippen LogP contribution in [0.5, 0.6) is 0 Å². The van der Waals surface area contributed by atoms with Crippen molar-refractivity contribution < 1.29 is 44.1 Å². The van der Waals surface area contributed by atoms with Gasteiger partial charge in [-0.2, -0.15) is 0 Å². The first-order valence-electron chi connectivity index (χ1n) is 9.86. The van der Waals surface area contributed by atoms with Crippen LogP contribution in [0.15, 0.2) is 12.5 Å². The molecule has 0 aromatic carbocycles. The van der Waals surface area contributed by atoms with Gasteiger partial charge >= 0.3 is 11.9 Å². The summed E-state index contributed by atoms with van der Waals surface area (Å²) in [5, 5.41) is 33.9. The number of aliphatic hydroxyl groups is 1. The molecule has 1 aromatic heterocycles. The van der Waals surface area contributed by atoms with Gasteiger partial charge in [0, 0.05) is 18.3 Å². The maximum atomic E-state index is 12.7. The van der Waals surface area contributed by atoms with Crippen molar-refractivity contribution in [1.82, 2.24) is 25.9 Å². The Kier molecular flexibility index (Phi) is 10.6. The number of hydrogen-bond acceptors (Lipinski definition) is 9. The van der Waals surface area contributed by atoms with Crippen LogP contribution in [0.4, 0.5) is 0 Å². The van der Waals surface area contributed by atoms with Crippen molar-refractivity contribution in [2.45, 2.75) is 56.5 Å². The van der Waals surface area contributed by atoms with Gasteiger partial charge in [-0.25, -0.2) is 9.78 Å². The predicted molar refractivity (Wildman–Crippen MR) is 111 cm³/mol. The monoisotopic (exact) mass is 485 g/mol. The molecule has 0 aliphatic carbocycles. The van der Waals surface area contributed by atoms with Gasteiger partial charge in [-0.1, -0.05) is 0 Å². The molecule has 0 saturated carbocycles. The second-order valence-electron chi connectivity index (χ2n) is 7.34. The van der Waals surface area contributed by atoms with Gasteiger partial charge < -0.3 is 47.7 Å². The topological polar surface area (TPSA) is 280 Å². The molecule has 16 heteroatoms. The normalized spacial score (nSPS) is 15.1. The fourth-order valence-corrected chi connectivity index (χ4v) is 2.71. The molecule has 1 heterocycles. The lowest BCUT2D eigenvalue weighted by Gasteiger charge is -2.26. The number of primary amides is 1. The van der Waals surface area contributed by atoms with E-state index in [1.807, 2.05) is 5.32 Å². The first-order valence-corrected chi connectivity index (χ1v) is 9.86. The minimum absolute atomic E-state index is 0.0234. The van der Waals surface area contributed by atoms with Gasteiger partial charge in [0.25, 0.3) is 0 Å². The SMILES string of the molecule is CC(O)C(NC(=O)C(CC(N)=O)NC(=O)C(N)Cc1cnc[nH]1)C(=O)NC(CC(=O)O)C(=O)O. The third-order valence-electron chi connectivity index (χ3n) is 4.43. The first-order chi connectivity index (χ1) is 15.8. The van der Waals surface area contributed by atoms with Crippen molar-refractivity contribution in [3.8, 4) is 0 Å². The van der Waals surface area contributed by atoms with Crippen molar-refractivity contribution in [2.75, 3.05) is 0 Å². The highest BCUT2D eigenvalue weighted by Gasteiger charge is 2.33. The molecule has 0 fully saturated rings. The summed E-state index contributed by atoms with van der Waals surface area (Å²) < 4.78 is 0. The van der Waals surface area contributed by atoms with E-state index in [4.69, 9.17) is 21.7 Å². The fourth-order valence-electron chi connectivity index (χ4n) is 2.71. The number of carbonyl (C=O) groups is 6. The van der Waals surface area contributed by atoms with E-state index < -0.39 is 78.7 Å². The molecule has 0 spiro atoms. The van der Waals surface area contributed by atoms with Gasteiger partial charge in [-0.15, -0.1) is 0 Å². The predicted octanol–water partition coefficient (Wildman–Crippen LogP) is -4.45. The molecule has 34 heavy (non-hydrogen) atoms. The Labute approximate surface area is 192 Å². The number of aromatic amines is 1. The minimum atomic E-state index is -1.84. The highest BCUT2D eigenvalue weighted by atomic mass is 16.4. The Hall–Kier alpha value is -4.05. The van der Waals surface area contributed by atoms with Crippen LogP contribution in [-0.4, -0.2) is 91.1 Å². The van der Waals surface area contributed by atoms with Crippen molar-refractivity contribution in [3.05, 3.63) is 18.2 Å². The molecule has 1 rings (SSSR count). The van der Waals surface area contributed by atoms with Gasteiger partial charge in [0.15, 0.2) is 0 Å². The Bertz CT molecular complexity index is 904. The van der Waals surface area contributed by atoms with Gasteiger partial charge in [-0.05, 0) is 6.92 Å². The molecule has 1 aromatic rings. The molecular weight excluding hydrogens is 458 g/mol. The molecule has 0 radical (unpaired) electrons. The van der Waals surface area contributed by atoms with Gasteiger partial charge in [-0.3, -0.25) is 24.0 Å². The van der Waals surface area contributed by atoms with E-state index >= 15 is 0 Å². The lowest BCUT2D eigenvalue weighted by atomic mass is 10.1. The number of nitrogens with one attached hydrogen (secondary N) is 4. The zero-order chi connectivity index (χ0) is 26.0. The molecule has 4 amide bonds. The van der Waals surface area contributed by atoms with E-state index in [0.717, 1.165) is 6.92 Å². The number of nitrogens with two attached hydrogens (primary N) is 2. The standard InChI is InChI=1S/C18H27N7O9/c1-7(26)14(17(32)24-11(18(33)34)4-13(28)29)25-16(31)10(3-12(20)27)23-15(30)9(19)2-8-5-21-6-22-8/h5-7,9-11,14,26H,2-4,19H2,1H3,(H2,20,27)(H,21,22)(H,23,30)(H,24,32)(H,25,31)(H,28,29)(H,33,34). The second-order valence-corrected chi connectivity index (χ2v) is 7.34. The largest absolute Gasteiger partial charge is 0.481 e. The second kappa shape index (κ2) is 12.9. The van der Waals surface area contributed by atoms with Crippen molar-refractivity contribution >= 4 is 35.6 Å². The molecule has 0 aliphatic rings. The van der Waals surface area contributed by atoms with Crippen LogP contribution in [-0.2, 0) is 35.2 Å². The summed E-state index contributed by atoms with van der Waals surface area (Å²) in [4.78, 5) is 77.4. The summed E-state index contributed by atoms with van der Waals surface area (Å²) in [6.45, 7) is 1.10. The smallest absolute Gasteiger partial charge is 0.326 e. The van der Waals surface area contributed by atoms with Crippen molar-refractivity contribution in [3.63, 3.8) is 0 Å². The number of hydrogen-bond donors (Lipinski definition) is 9. The van der Waals surface area contributed by atoms with Gasteiger partial charge in [0.1, 0.15) is 18.1 Å². The average molecular weight is 485 g/mol. The van der Waals surface area contributed by atoms with Crippen LogP contribution in [0.1, 0.15) is 25.5 Å². The maximum Gasteiger partial charge on any atom is 0.326 e. The van der Waals surface area contributed by atoms with Gasteiger partial charge in [0.2, 0.25) is 23.6 Å². The van der Waals surface area contributed by atoms with Crippen molar-refractivity contribution in [1.29, 1.82) is 0 Å². The van der Waals surface area contributed by atoms with E-state index in [0.29, 0.717) is 5.69 Å². The Morgan fingerprint density at radius 3 is 2.09 bits per heavy atom. The third-order valence-corrected chi connectivity index (χ3v) is 4.43. The Balaban J connectivity index is 2.92. The highest BCUT2D eigenvalue weighted by molar-refractivity contribution is 5.96. The average Bonchev–Trinajstić information content (AvgIpc) is 3.22. The maximum absolute atomic E-state index is 12.7. The summed E-state index contributed by atoms with van der Waals surface area (Å²) in [7, 11) is 0. The number of carboxylic acids is 2. The van der Waals surface area contributed by atoms with Crippen molar-refractivity contribution in [2.24, 2.45) is 11.5 Å². The minimum Gasteiger partial charge on any atom is -0.481 e. The van der Waals surface area contributed by atoms with E-state index in [-0.39, 0.29) is 6.42 Å². The summed E-state index contributed by atoms with van der Waals surface area (Å²) in [5.41, 5.74) is 11.4. The number of carbonyl (C=O) groups excluding carboxylic acids is 4. The lowest BCUT2D eigenvalue weighted by Crippen LogP contribution is -2.60. The number of amides is 4. The number of rotatable bonds is 14. The summed E-state index contributed by atoms with van der Waals surface area (Å²) >= 11 is 0. The molecule has 188 valence electrons. The molecule has 0 bridgehead atoms. The molecular formula is C18H27N7O9. The van der Waals surface area contributed by atoms with Crippen LogP contribution in [0, 0.1) is 0 Å².